The summed E-state index contributed by atoms with van der Waals surface area (Å²) in [5, 5.41) is 4.17. The predicted molar refractivity (Wildman–Crippen MR) is 89.0 cm³/mol. The first-order valence-corrected chi connectivity index (χ1v) is 8.27. The van der Waals surface area contributed by atoms with Crippen molar-refractivity contribution in [2.24, 2.45) is 13.0 Å². The van der Waals surface area contributed by atoms with Crippen LogP contribution < -0.4 is 0 Å². The summed E-state index contributed by atoms with van der Waals surface area (Å²) in [7, 11) is 3.68. The molecule has 2 aromatic heterocycles. The maximum absolute atomic E-state index is 5.19. The Kier molecular flexibility index (Phi) is 5.35. The van der Waals surface area contributed by atoms with Crippen LogP contribution in [0.5, 0.6) is 0 Å². The van der Waals surface area contributed by atoms with Crippen molar-refractivity contribution in [1.82, 2.24) is 24.6 Å². The number of methoxy groups -OCH3 is 1. The third-order valence-corrected chi connectivity index (χ3v) is 4.50. The second-order valence-electron chi connectivity index (χ2n) is 6.24. The summed E-state index contributed by atoms with van der Waals surface area (Å²) < 4.78 is 7.00. The quantitative estimate of drug-likeness (QED) is 0.813. The summed E-state index contributed by atoms with van der Waals surface area (Å²) in [6.45, 7) is 4.16. The molecule has 1 aliphatic heterocycles. The van der Waals surface area contributed by atoms with Gasteiger partial charge in [0.15, 0.2) is 0 Å². The second-order valence-corrected chi connectivity index (χ2v) is 6.24. The lowest BCUT2D eigenvalue weighted by Gasteiger charge is -2.32. The van der Waals surface area contributed by atoms with Gasteiger partial charge < -0.3 is 9.64 Å². The molecule has 0 bridgehead atoms. The van der Waals surface area contributed by atoms with Gasteiger partial charge in [-0.15, -0.1) is 0 Å². The van der Waals surface area contributed by atoms with Gasteiger partial charge in [-0.3, -0.25) is 14.6 Å². The van der Waals surface area contributed by atoms with Crippen LogP contribution in [-0.4, -0.2) is 58.0 Å². The Morgan fingerprint density at radius 1 is 1.30 bits per heavy atom. The molecule has 1 aliphatic rings. The number of piperidine rings is 1. The lowest BCUT2D eigenvalue weighted by atomic mass is 9.93. The van der Waals surface area contributed by atoms with Gasteiger partial charge in [0.1, 0.15) is 5.69 Å². The monoisotopic (exact) mass is 315 g/mol. The van der Waals surface area contributed by atoms with Crippen molar-refractivity contribution < 1.29 is 4.74 Å². The Morgan fingerprint density at radius 3 is 2.91 bits per heavy atom. The lowest BCUT2D eigenvalue weighted by molar-refractivity contribution is 0.114. The zero-order chi connectivity index (χ0) is 16.1. The third kappa shape index (κ3) is 4.14. The molecule has 0 spiro atoms. The number of aromatic nitrogens is 4. The fourth-order valence-corrected chi connectivity index (χ4v) is 3.25. The van der Waals surface area contributed by atoms with E-state index in [1.807, 2.05) is 30.2 Å². The van der Waals surface area contributed by atoms with Gasteiger partial charge in [-0.2, -0.15) is 5.10 Å². The topological polar surface area (TPSA) is 56.1 Å². The van der Waals surface area contributed by atoms with Crippen LogP contribution in [0.4, 0.5) is 0 Å². The van der Waals surface area contributed by atoms with Crippen molar-refractivity contribution >= 4 is 0 Å². The highest BCUT2D eigenvalue weighted by molar-refractivity contribution is 5.52. The van der Waals surface area contributed by atoms with Crippen LogP contribution in [0.3, 0.4) is 0 Å². The molecule has 0 saturated carbocycles. The van der Waals surface area contributed by atoms with Crippen LogP contribution in [0.1, 0.15) is 18.5 Å². The van der Waals surface area contributed by atoms with Crippen molar-refractivity contribution in [2.75, 3.05) is 33.4 Å². The first kappa shape index (κ1) is 16.1. The summed E-state index contributed by atoms with van der Waals surface area (Å²) in [6.07, 6.45) is 9.08. The molecule has 6 heteroatoms. The van der Waals surface area contributed by atoms with E-state index in [0.29, 0.717) is 5.92 Å². The van der Waals surface area contributed by atoms with Crippen LogP contribution >= 0.6 is 0 Å². The average Bonchev–Trinajstić information content (AvgIpc) is 3.00. The normalized spacial score (nSPS) is 19.1. The molecule has 3 heterocycles. The van der Waals surface area contributed by atoms with E-state index in [0.717, 1.165) is 43.2 Å². The number of rotatable bonds is 6. The van der Waals surface area contributed by atoms with Crippen molar-refractivity contribution in [3.8, 4) is 11.4 Å². The van der Waals surface area contributed by atoms with E-state index in [1.165, 1.54) is 19.4 Å². The molecule has 0 aromatic carbocycles. The molecule has 0 aliphatic carbocycles. The number of ether oxygens (including phenoxy) is 1. The standard InChI is InChI=1S/C17H25N5O/c1-21-17(5-6-20-21)16-12-18-15(11-19-16)10-14-4-3-7-22(13-14)8-9-23-2/h5-6,11-12,14H,3-4,7-10,13H2,1-2H3/t14-/m1/s1. The molecule has 23 heavy (non-hydrogen) atoms. The highest BCUT2D eigenvalue weighted by Gasteiger charge is 2.20. The van der Waals surface area contributed by atoms with Gasteiger partial charge in [0.25, 0.3) is 0 Å². The van der Waals surface area contributed by atoms with E-state index in [2.05, 4.69) is 20.0 Å². The fourth-order valence-electron chi connectivity index (χ4n) is 3.25. The molecule has 1 fully saturated rings. The molecule has 0 radical (unpaired) electrons. The summed E-state index contributed by atoms with van der Waals surface area (Å²) in [6, 6.07) is 1.96. The average molecular weight is 315 g/mol. The first-order chi connectivity index (χ1) is 11.3. The summed E-state index contributed by atoms with van der Waals surface area (Å²) in [4.78, 5) is 11.7. The largest absolute Gasteiger partial charge is 0.383 e. The Morgan fingerprint density at radius 2 is 2.22 bits per heavy atom. The number of likely N-dealkylation sites (tertiary alicyclic amines) is 1. The Hall–Kier alpha value is -1.79. The predicted octanol–water partition coefficient (Wildman–Crippen LogP) is 1.78. The molecule has 2 aromatic rings. The van der Waals surface area contributed by atoms with Gasteiger partial charge in [0.2, 0.25) is 0 Å². The molecule has 1 atom stereocenters. The van der Waals surface area contributed by atoms with Gasteiger partial charge in [0.05, 0.1) is 24.2 Å². The molecule has 6 nitrogen and oxygen atoms in total. The zero-order valence-electron chi connectivity index (χ0n) is 14.0. The minimum Gasteiger partial charge on any atom is -0.383 e. The van der Waals surface area contributed by atoms with Crippen molar-refractivity contribution in [1.29, 1.82) is 0 Å². The molecule has 1 saturated heterocycles. The van der Waals surface area contributed by atoms with E-state index in [4.69, 9.17) is 4.74 Å². The second kappa shape index (κ2) is 7.66. The number of hydrogen-bond acceptors (Lipinski definition) is 5. The third-order valence-electron chi connectivity index (χ3n) is 4.50. The Labute approximate surface area is 137 Å². The van der Waals surface area contributed by atoms with Crippen LogP contribution in [0, 0.1) is 5.92 Å². The van der Waals surface area contributed by atoms with E-state index in [9.17, 15) is 0 Å². The highest BCUT2D eigenvalue weighted by atomic mass is 16.5. The Bertz CT molecular complexity index is 610. The first-order valence-electron chi connectivity index (χ1n) is 8.27. The molecule has 124 valence electrons. The maximum Gasteiger partial charge on any atom is 0.107 e. The fraction of sp³-hybridized carbons (Fsp3) is 0.588. The van der Waals surface area contributed by atoms with Crippen molar-refractivity contribution in [3.63, 3.8) is 0 Å². The Balaban J connectivity index is 1.59. The van der Waals surface area contributed by atoms with Gasteiger partial charge in [-0.05, 0) is 37.8 Å². The van der Waals surface area contributed by atoms with Gasteiger partial charge in [0, 0.05) is 39.6 Å². The minimum atomic E-state index is 0.664. The van der Waals surface area contributed by atoms with E-state index in [1.54, 1.807) is 13.3 Å². The highest BCUT2D eigenvalue weighted by Crippen LogP contribution is 2.20. The summed E-state index contributed by atoms with van der Waals surface area (Å²) in [5.74, 6) is 0.664. The molecule has 0 amide bonds. The van der Waals surface area contributed by atoms with Crippen LogP contribution in [0.25, 0.3) is 11.4 Å². The van der Waals surface area contributed by atoms with Gasteiger partial charge >= 0.3 is 0 Å². The summed E-state index contributed by atoms with van der Waals surface area (Å²) in [5.41, 5.74) is 2.95. The van der Waals surface area contributed by atoms with E-state index < -0.39 is 0 Å². The zero-order valence-corrected chi connectivity index (χ0v) is 14.0. The summed E-state index contributed by atoms with van der Waals surface area (Å²) >= 11 is 0. The van der Waals surface area contributed by atoms with Crippen LogP contribution in [0.2, 0.25) is 0 Å². The molecule has 0 unspecified atom stereocenters. The van der Waals surface area contributed by atoms with Crippen molar-refractivity contribution in [3.05, 3.63) is 30.4 Å². The van der Waals surface area contributed by atoms with Crippen LogP contribution in [0.15, 0.2) is 24.7 Å². The van der Waals surface area contributed by atoms with E-state index >= 15 is 0 Å². The molecular weight excluding hydrogens is 290 g/mol. The van der Waals surface area contributed by atoms with Crippen LogP contribution in [-0.2, 0) is 18.2 Å². The number of aryl methyl sites for hydroxylation is 1. The SMILES string of the molecule is COCCN1CCC[C@H](Cc2cnc(-c3ccnn3C)cn2)C1. The molecular formula is C17H25N5O. The molecule has 3 rings (SSSR count). The van der Waals surface area contributed by atoms with E-state index in [-0.39, 0.29) is 0 Å². The number of nitrogens with zero attached hydrogens (tertiary/aromatic N) is 5. The minimum absolute atomic E-state index is 0.664. The van der Waals surface area contributed by atoms with Gasteiger partial charge in [-0.25, -0.2) is 0 Å². The van der Waals surface area contributed by atoms with Crippen molar-refractivity contribution in [2.45, 2.75) is 19.3 Å². The van der Waals surface area contributed by atoms with Gasteiger partial charge in [-0.1, -0.05) is 0 Å². The molecule has 0 N–H and O–H groups in total. The maximum atomic E-state index is 5.19. The number of hydrogen-bond donors (Lipinski definition) is 0. The smallest absolute Gasteiger partial charge is 0.107 e. The lowest BCUT2D eigenvalue weighted by Crippen LogP contribution is -2.38.